The van der Waals surface area contributed by atoms with E-state index in [1.165, 1.54) is 30.8 Å². The Balaban J connectivity index is 1.85. The van der Waals surface area contributed by atoms with E-state index in [1.807, 2.05) is 31.2 Å². The predicted octanol–water partition coefficient (Wildman–Crippen LogP) is 4.45. The van der Waals surface area contributed by atoms with Gasteiger partial charge >= 0.3 is 5.97 Å². The number of esters is 1. The van der Waals surface area contributed by atoms with Gasteiger partial charge in [0.15, 0.2) is 6.10 Å². The minimum absolute atomic E-state index is 0.0713. The molecule has 0 bridgehead atoms. The quantitative estimate of drug-likeness (QED) is 0.593. The van der Waals surface area contributed by atoms with Gasteiger partial charge in [0.25, 0.3) is 5.91 Å². The van der Waals surface area contributed by atoms with Crippen LogP contribution in [0.1, 0.15) is 12.5 Å². The minimum atomic E-state index is -0.994. The molecule has 0 spiro atoms. The van der Waals surface area contributed by atoms with E-state index >= 15 is 0 Å². The Kier molecular flexibility index (Phi) is 6.84. The molecule has 132 valence electrons. The van der Waals surface area contributed by atoms with Crippen molar-refractivity contribution in [2.24, 2.45) is 0 Å². The highest BCUT2D eigenvalue weighted by molar-refractivity contribution is 8.00. The van der Waals surface area contributed by atoms with Gasteiger partial charge in [-0.2, -0.15) is 0 Å². The van der Waals surface area contributed by atoms with Gasteiger partial charge in [-0.1, -0.05) is 29.8 Å². The van der Waals surface area contributed by atoms with Crippen molar-refractivity contribution in [3.05, 3.63) is 58.9 Å². The van der Waals surface area contributed by atoms with Crippen LogP contribution in [0, 0.1) is 12.7 Å². The molecule has 25 heavy (non-hydrogen) atoms. The second-order valence-corrected chi connectivity index (χ2v) is 6.72. The molecular weight excluding hydrogens is 365 g/mol. The number of halogens is 2. The smallest absolute Gasteiger partial charge is 0.317 e. The van der Waals surface area contributed by atoms with E-state index in [2.05, 4.69) is 5.32 Å². The SMILES string of the molecule is Cc1ccccc1SCC(=O)OC(C)C(=O)Nc1ccc(F)cc1Cl. The molecule has 0 saturated heterocycles. The van der Waals surface area contributed by atoms with Crippen molar-refractivity contribution < 1.29 is 18.7 Å². The minimum Gasteiger partial charge on any atom is -0.452 e. The van der Waals surface area contributed by atoms with Crippen LogP contribution in [0.25, 0.3) is 0 Å². The number of hydrogen-bond acceptors (Lipinski definition) is 4. The van der Waals surface area contributed by atoms with E-state index in [4.69, 9.17) is 16.3 Å². The van der Waals surface area contributed by atoms with Crippen molar-refractivity contribution in [3.8, 4) is 0 Å². The van der Waals surface area contributed by atoms with Crippen molar-refractivity contribution in [3.63, 3.8) is 0 Å². The third-order valence-electron chi connectivity index (χ3n) is 3.31. The van der Waals surface area contributed by atoms with Crippen LogP contribution >= 0.6 is 23.4 Å². The zero-order chi connectivity index (χ0) is 18.4. The molecule has 1 unspecified atom stereocenters. The highest BCUT2D eigenvalue weighted by atomic mass is 35.5. The fraction of sp³-hybridized carbons (Fsp3) is 0.222. The summed E-state index contributed by atoms with van der Waals surface area (Å²) in [5.41, 5.74) is 1.32. The molecule has 4 nitrogen and oxygen atoms in total. The van der Waals surface area contributed by atoms with Gasteiger partial charge in [0.2, 0.25) is 0 Å². The van der Waals surface area contributed by atoms with Gasteiger partial charge in [-0.3, -0.25) is 9.59 Å². The summed E-state index contributed by atoms with van der Waals surface area (Å²) in [4.78, 5) is 25.0. The van der Waals surface area contributed by atoms with E-state index in [-0.39, 0.29) is 16.5 Å². The van der Waals surface area contributed by atoms with Crippen molar-refractivity contribution >= 4 is 40.9 Å². The first-order valence-electron chi connectivity index (χ1n) is 7.50. The van der Waals surface area contributed by atoms with Crippen LogP contribution < -0.4 is 5.32 Å². The first-order valence-corrected chi connectivity index (χ1v) is 8.87. The molecule has 0 saturated carbocycles. The average molecular weight is 382 g/mol. The van der Waals surface area contributed by atoms with E-state index in [9.17, 15) is 14.0 Å². The van der Waals surface area contributed by atoms with Crippen LogP contribution in [0.2, 0.25) is 5.02 Å². The summed E-state index contributed by atoms with van der Waals surface area (Å²) in [6, 6.07) is 11.3. The standard InChI is InChI=1S/C18H17ClFNO3S/c1-11-5-3-4-6-16(11)25-10-17(22)24-12(2)18(23)21-15-8-7-13(20)9-14(15)19/h3-9,12H,10H2,1-2H3,(H,21,23). The molecule has 0 aliphatic heterocycles. The fourth-order valence-electron chi connectivity index (χ4n) is 1.96. The Morgan fingerprint density at radius 1 is 1.28 bits per heavy atom. The number of thioether (sulfide) groups is 1. The zero-order valence-electron chi connectivity index (χ0n) is 13.7. The molecule has 1 N–H and O–H groups in total. The lowest BCUT2D eigenvalue weighted by molar-refractivity contribution is -0.150. The predicted molar refractivity (Wildman–Crippen MR) is 97.5 cm³/mol. The molecule has 0 aromatic heterocycles. The van der Waals surface area contributed by atoms with Crippen molar-refractivity contribution in [1.29, 1.82) is 0 Å². The Hall–Kier alpha value is -2.05. The van der Waals surface area contributed by atoms with E-state index < -0.39 is 23.8 Å². The number of carbonyl (C=O) groups is 2. The molecule has 1 atom stereocenters. The highest BCUT2D eigenvalue weighted by Gasteiger charge is 2.19. The molecular formula is C18H17ClFNO3S. The Bertz CT molecular complexity index is 785. The molecule has 2 aromatic rings. The zero-order valence-corrected chi connectivity index (χ0v) is 15.3. The molecule has 1 amide bonds. The van der Waals surface area contributed by atoms with Crippen molar-refractivity contribution in [2.45, 2.75) is 24.8 Å². The lowest BCUT2D eigenvalue weighted by Gasteiger charge is -2.14. The van der Waals surface area contributed by atoms with Gasteiger partial charge in [0, 0.05) is 4.90 Å². The topological polar surface area (TPSA) is 55.4 Å². The summed E-state index contributed by atoms with van der Waals surface area (Å²) in [5.74, 6) is -1.45. The highest BCUT2D eigenvalue weighted by Crippen LogP contribution is 2.23. The van der Waals surface area contributed by atoms with Crippen LogP contribution in [0.5, 0.6) is 0 Å². The molecule has 7 heteroatoms. The number of benzene rings is 2. The average Bonchev–Trinajstić information content (AvgIpc) is 2.56. The van der Waals surface area contributed by atoms with Crippen molar-refractivity contribution in [1.82, 2.24) is 0 Å². The molecule has 0 aliphatic carbocycles. The van der Waals surface area contributed by atoms with Crippen LogP contribution in [0.4, 0.5) is 10.1 Å². The Labute approximate surface area is 154 Å². The third-order valence-corrected chi connectivity index (χ3v) is 4.77. The van der Waals surface area contributed by atoms with Gasteiger partial charge < -0.3 is 10.1 Å². The van der Waals surface area contributed by atoms with Crippen LogP contribution in [0.3, 0.4) is 0 Å². The number of aryl methyl sites for hydroxylation is 1. The van der Waals surface area contributed by atoms with E-state index in [0.29, 0.717) is 0 Å². The second-order valence-electron chi connectivity index (χ2n) is 5.30. The number of anilines is 1. The first kappa shape index (κ1) is 19.3. The maximum absolute atomic E-state index is 13.0. The number of nitrogens with one attached hydrogen (secondary N) is 1. The largest absolute Gasteiger partial charge is 0.452 e. The molecule has 0 radical (unpaired) electrons. The molecule has 0 fully saturated rings. The summed E-state index contributed by atoms with van der Waals surface area (Å²) in [6.07, 6.45) is -0.994. The maximum Gasteiger partial charge on any atom is 0.317 e. The Morgan fingerprint density at radius 3 is 2.68 bits per heavy atom. The van der Waals surface area contributed by atoms with Gasteiger partial charge in [-0.05, 0) is 43.7 Å². The van der Waals surface area contributed by atoms with Gasteiger partial charge in [0.05, 0.1) is 16.5 Å². The van der Waals surface area contributed by atoms with Gasteiger partial charge in [-0.15, -0.1) is 11.8 Å². The number of hydrogen-bond donors (Lipinski definition) is 1. The van der Waals surface area contributed by atoms with E-state index in [0.717, 1.165) is 16.5 Å². The molecule has 0 heterocycles. The Morgan fingerprint density at radius 2 is 2.00 bits per heavy atom. The number of rotatable bonds is 6. The summed E-state index contributed by atoms with van der Waals surface area (Å²) >= 11 is 7.20. The lowest BCUT2D eigenvalue weighted by Crippen LogP contribution is -2.30. The normalized spacial score (nSPS) is 11.7. The second kappa shape index (κ2) is 8.87. The van der Waals surface area contributed by atoms with Crippen LogP contribution in [-0.2, 0) is 14.3 Å². The maximum atomic E-state index is 13.0. The van der Waals surface area contributed by atoms with Gasteiger partial charge in [0.1, 0.15) is 5.82 Å². The van der Waals surface area contributed by atoms with Gasteiger partial charge in [-0.25, -0.2) is 4.39 Å². The summed E-state index contributed by atoms with van der Waals surface area (Å²) in [7, 11) is 0. The number of carbonyl (C=O) groups excluding carboxylic acids is 2. The molecule has 0 aliphatic rings. The first-order chi connectivity index (χ1) is 11.9. The third kappa shape index (κ3) is 5.76. The molecule has 2 rings (SSSR count). The van der Waals surface area contributed by atoms with Crippen LogP contribution in [0.15, 0.2) is 47.4 Å². The van der Waals surface area contributed by atoms with E-state index in [1.54, 1.807) is 0 Å². The summed E-state index contributed by atoms with van der Waals surface area (Å²) in [5, 5.41) is 2.58. The molecule has 2 aromatic carbocycles. The summed E-state index contributed by atoms with van der Waals surface area (Å²) < 4.78 is 18.1. The fourth-order valence-corrected chi connectivity index (χ4v) is 2.99. The lowest BCUT2D eigenvalue weighted by atomic mass is 10.2. The number of amides is 1. The van der Waals surface area contributed by atoms with Crippen LogP contribution in [-0.4, -0.2) is 23.7 Å². The van der Waals surface area contributed by atoms with Crippen molar-refractivity contribution in [2.75, 3.05) is 11.1 Å². The number of ether oxygens (including phenoxy) is 1. The monoisotopic (exact) mass is 381 g/mol. The summed E-state index contributed by atoms with van der Waals surface area (Å²) in [6.45, 7) is 3.42.